The predicted molar refractivity (Wildman–Crippen MR) is 27.3 cm³/mol. The molecule has 0 unspecified atom stereocenters. The Balaban J connectivity index is 0.000000250. The third-order valence-electron chi connectivity index (χ3n) is 0.425. The van der Waals surface area contributed by atoms with Crippen molar-refractivity contribution in [3.63, 3.8) is 0 Å². The quantitative estimate of drug-likeness (QED) is 0.624. The molecule has 0 aromatic carbocycles. The van der Waals surface area contributed by atoms with Gasteiger partial charge in [-0.3, -0.25) is 0 Å². The van der Waals surface area contributed by atoms with Crippen molar-refractivity contribution in [1.29, 1.82) is 0 Å². The first kappa shape index (κ1) is 6.20. The van der Waals surface area contributed by atoms with Crippen molar-refractivity contribution in [2.75, 3.05) is 0 Å². The van der Waals surface area contributed by atoms with Crippen LogP contribution in [0.15, 0.2) is 29.1 Å². The van der Waals surface area contributed by atoms with Crippen molar-refractivity contribution < 1.29 is 4.42 Å². The van der Waals surface area contributed by atoms with Gasteiger partial charge < -0.3 is 4.42 Å². The summed E-state index contributed by atoms with van der Waals surface area (Å²) in [5.41, 5.74) is 0. The minimum Gasteiger partial charge on any atom is -0.473 e. The van der Waals surface area contributed by atoms with Crippen LogP contribution >= 0.6 is 0 Å². The number of furan rings is 1. The minimum absolute atomic E-state index is 0. The van der Waals surface area contributed by atoms with E-state index in [1.807, 2.05) is 12.1 Å². The first-order valence-electron chi connectivity index (χ1n) is 1.47. The van der Waals surface area contributed by atoms with Gasteiger partial charge in [0.25, 0.3) is 0 Å². The van der Waals surface area contributed by atoms with Crippen LogP contribution in [0.2, 0.25) is 0 Å². The molecule has 0 fully saturated rings. The van der Waals surface area contributed by atoms with E-state index in [2.05, 4.69) is 4.42 Å². The van der Waals surface area contributed by atoms with E-state index in [1.54, 1.807) is 12.5 Å². The molecule has 0 atom stereocenters. The largest absolute Gasteiger partial charge is 0.473 e. The zero-order valence-electron chi connectivity index (χ0n) is 3.42. The molecular formula is C4H6OPb. The first-order valence-corrected chi connectivity index (χ1v) is 1.47. The zero-order chi connectivity index (χ0) is 3.54. The second-order valence-electron chi connectivity index (χ2n) is 0.793. The van der Waals surface area contributed by atoms with Crippen LogP contribution in [0, 0.1) is 0 Å². The molecule has 1 heterocycles. The number of hydrogen-bond donors (Lipinski definition) is 0. The average molecular weight is 277 g/mol. The second-order valence-corrected chi connectivity index (χ2v) is 0.793. The molecule has 0 bridgehead atoms. The Morgan fingerprint density at radius 2 is 1.50 bits per heavy atom. The Bertz CT molecular complexity index is 64.0. The van der Waals surface area contributed by atoms with Gasteiger partial charge in [0.05, 0.1) is 12.5 Å². The molecule has 32 valence electrons. The summed E-state index contributed by atoms with van der Waals surface area (Å²) in [7, 11) is 0. The van der Waals surface area contributed by atoms with Crippen LogP contribution in [0.1, 0.15) is 0 Å². The Labute approximate surface area is 56.5 Å². The number of hydrogen-bond acceptors (Lipinski definition) is 1. The summed E-state index contributed by atoms with van der Waals surface area (Å²) >= 11 is 0. The van der Waals surface area contributed by atoms with Crippen LogP contribution < -0.4 is 0 Å². The Morgan fingerprint density at radius 3 is 1.67 bits per heavy atom. The van der Waals surface area contributed by atoms with Gasteiger partial charge in [-0.25, -0.2) is 0 Å². The van der Waals surface area contributed by atoms with Gasteiger partial charge in [-0.05, 0) is 12.1 Å². The molecule has 0 spiro atoms. The molecule has 0 saturated heterocycles. The van der Waals surface area contributed by atoms with Gasteiger partial charge in [-0.2, -0.15) is 0 Å². The van der Waals surface area contributed by atoms with Crippen LogP contribution in [-0.2, 0) is 0 Å². The topological polar surface area (TPSA) is 13.1 Å². The molecule has 2 radical (unpaired) electrons. The first-order chi connectivity index (χ1) is 2.50. The van der Waals surface area contributed by atoms with Gasteiger partial charge in [0.15, 0.2) is 0 Å². The smallest absolute Gasteiger partial charge is 0.0902 e. The summed E-state index contributed by atoms with van der Waals surface area (Å²) in [5, 5.41) is 0. The van der Waals surface area contributed by atoms with Gasteiger partial charge in [0.1, 0.15) is 0 Å². The summed E-state index contributed by atoms with van der Waals surface area (Å²) in [6.07, 6.45) is 3.25. The van der Waals surface area contributed by atoms with Crippen LogP contribution in [-0.4, -0.2) is 27.3 Å². The molecule has 0 saturated carbocycles. The molecule has 1 aromatic rings. The van der Waals surface area contributed by atoms with Gasteiger partial charge in [-0.1, -0.05) is 0 Å². The van der Waals surface area contributed by atoms with Crippen molar-refractivity contribution in [2.45, 2.75) is 0 Å². The molecule has 1 nitrogen and oxygen atoms in total. The summed E-state index contributed by atoms with van der Waals surface area (Å²) in [4.78, 5) is 0. The molecule has 6 heavy (non-hydrogen) atoms. The standard InChI is InChI=1S/C4H4O.Pb.2H/c1-2-4-5-3-1;;;/h1-4H;;;. The molecule has 0 amide bonds. The maximum Gasteiger partial charge on any atom is 0.0902 e. The molecule has 1 aromatic heterocycles. The van der Waals surface area contributed by atoms with Gasteiger partial charge in [0.2, 0.25) is 0 Å². The SMILES string of the molecule is [PbH2].c1ccoc1. The molecular weight excluding hydrogens is 271 g/mol. The van der Waals surface area contributed by atoms with E-state index in [0.717, 1.165) is 0 Å². The fraction of sp³-hybridized carbons (Fsp3) is 0. The van der Waals surface area contributed by atoms with Gasteiger partial charge >= 0.3 is 27.3 Å². The molecule has 0 aliphatic heterocycles. The summed E-state index contributed by atoms with van der Waals surface area (Å²) in [6, 6.07) is 3.67. The van der Waals surface area contributed by atoms with E-state index in [-0.39, 0.29) is 27.3 Å². The summed E-state index contributed by atoms with van der Waals surface area (Å²) < 4.78 is 4.58. The van der Waals surface area contributed by atoms with Crippen LogP contribution in [0.5, 0.6) is 0 Å². The maximum atomic E-state index is 4.58. The minimum atomic E-state index is 0. The molecule has 0 aliphatic rings. The van der Waals surface area contributed by atoms with Crippen molar-refractivity contribution in [3.8, 4) is 0 Å². The molecule has 2 heteroatoms. The second kappa shape index (κ2) is 3.39. The Kier molecular flexibility index (Phi) is 3.51. The normalized spacial score (nSPS) is 6.67. The van der Waals surface area contributed by atoms with Crippen molar-refractivity contribution in [2.24, 2.45) is 0 Å². The Morgan fingerprint density at radius 1 is 1.00 bits per heavy atom. The van der Waals surface area contributed by atoms with Crippen molar-refractivity contribution in [1.82, 2.24) is 0 Å². The van der Waals surface area contributed by atoms with E-state index < -0.39 is 0 Å². The summed E-state index contributed by atoms with van der Waals surface area (Å²) in [6.45, 7) is 0. The fourth-order valence-corrected chi connectivity index (χ4v) is 0.227. The van der Waals surface area contributed by atoms with E-state index in [4.69, 9.17) is 0 Å². The van der Waals surface area contributed by atoms with Crippen LogP contribution in [0.25, 0.3) is 0 Å². The fourth-order valence-electron chi connectivity index (χ4n) is 0.227. The average Bonchev–Trinajstić information content (AvgIpc) is 1.76. The molecule has 0 aliphatic carbocycles. The van der Waals surface area contributed by atoms with Crippen LogP contribution in [0.3, 0.4) is 0 Å². The third-order valence-corrected chi connectivity index (χ3v) is 0.425. The van der Waals surface area contributed by atoms with E-state index >= 15 is 0 Å². The summed E-state index contributed by atoms with van der Waals surface area (Å²) in [5.74, 6) is 0. The van der Waals surface area contributed by atoms with E-state index in [1.165, 1.54) is 0 Å². The van der Waals surface area contributed by atoms with Gasteiger partial charge in [-0.15, -0.1) is 0 Å². The number of rotatable bonds is 0. The van der Waals surface area contributed by atoms with Crippen molar-refractivity contribution >= 4 is 27.3 Å². The molecule has 1 rings (SSSR count). The maximum absolute atomic E-state index is 4.58. The Hall–Kier alpha value is 0.202. The zero-order valence-corrected chi connectivity index (χ0v) is 8.92. The van der Waals surface area contributed by atoms with Crippen molar-refractivity contribution in [3.05, 3.63) is 24.7 Å². The van der Waals surface area contributed by atoms with Gasteiger partial charge in [0, 0.05) is 0 Å². The van der Waals surface area contributed by atoms with E-state index in [9.17, 15) is 0 Å². The third kappa shape index (κ3) is 1.59. The molecule has 0 N–H and O–H groups in total. The predicted octanol–water partition coefficient (Wildman–Crippen LogP) is 0.363. The van der Waals surface area contributed by atoms with Crippen LogP contribution in [0.4, 0.5) is 0 Å². The monoisotopic (exact) mass is 278 g/mol. The van der Waals surface area contributed by atoms with E-state index in [0.29, 0.717) is 0 Å².